The highest BCUT2D eigenvalue weighted by Gasteiger charge is 2.23. The molecular weight excluding hydrogens is 504 g/mol. The van der Waals surface area contributed by atoms with Crippen molar-refractivity contribution < 1.29 is 4.79 Å². The number of aromatic nitrogens is 2. The van der Waals surface area contributed by atoms with Crippen LogP contribution < -0.4 is 9.80 Å². The highest BCUT2D eigenvalue weighted by molar-refractivity contribution is 7.12. The zero-order valence-corrected chi connectivity index (χ0v) is 23.2. The summed E-state index contributed by atoms with van der Waals surface area (Å²) in [5.74, 6) is 0.144. The minimum Gasteiger partial charge on any atom is -0.368 e. The molecule has 2 aromatic carbocycles. The van der Waals surface area contributed by atoms with E-state index in [1.807, 2.05) is 59.2 Å². The zero-order chi connectivity index (χ0) is 27.0. The van der Waals surface area contributed by atoms with Crippen LogP contribution in [0.2, 0.25) is 0 Å². The lowest BCUT2D eigenvalue weighted by Gasteiger charge is -2.36. The Morgan fingerprint density at radius 3 is 2.49 bits per heavy atom. The van der Waals surface area contributed by atoms with Crippen molar-refractivity contribution in [2.75, 3.05) is 42.5 Å². The first-order valence-corrected chi connectivity index (χ1v) is 14.4. The molecule has 0 N–H and O–H groups in total. The molecule has 39 heavy (non-hydrogen) atoms. The number of rotatable bonds is 10. The minimum atomic E-state index is 0.144. The summed E-state index contributed by atoms with van der Waals surface area (Å²) in [7, 11) is 0. The largest absolute Gasteiger partial charge is 0.368 e. The van der Waals surface area contributed by atoms with Gasteiger partial charge in [-0.05, 0) is 59.8 Å². The lowest BCUT2D eigenvalue weighted by atomic mass is 10.1. The fourth-order valence-corrected chi connectivity index (χ4v) is 5.64. The molecule has 1 amide bonds. The first kappa shape index (κ1) is 26.5. The molecule has 7 nitrogen and oxygen atoms in total. The highest BCUT2D eigenvalue weighted by Crippen LogP contribution is 2.25. The standard InChI is InChI=1S/C31H34N6OS/c1-2-3-14-36(23-29-21-33-24-37(29)22-26-8-6-25(20-32)7-9-26)28-12-10-27(11-13-28)34-15-17-35(18-16-34)31(38)30-5-4-19-39-30/h4-13,19,21,24H,2-3,14-18,22-23H2,1H3. The summed E-state index contributed by atoms with van der Waals surface area (Å²) in [5.41, 5.74) is 5.38. The van der Waals surface area contributed by atoms with Crippen LogP contribution in [0.1, 0.15) is 46.3 Å². The predicted molar refractivity (Wildman–Crippen MR) is 157 cm³/mol. The van der Waals surface area contributed by atoms with Crippen LogP contribution in [0.15, 0.2) is 78.6 Å². The maximum atomic E-state index is 12.7. The van der Waals surface area contributed by atoms with E-state index in [-0.39, 0.29) is 5.91 Å². The van der Waals surface area contributed by atoms with Crippen LogP contribution in [0, 0.1) is 11.3 Å². The van der Waals surface area contributed by atoms with Crippen molar-refractivity contribution >= 4 is 28.6 Å². The minimum absolute atomic E-state index is 0.144. The van der Waals surface area contributed by atoms with Crippen LogP contribution in [0.3, 0.4) is 0 Å². The number of hydrogen-bond donors (Lipinski definition) is 0. The van der Waals surface area contributed by atoms with Gasteiger partial charge in [0.25, 0.3) is 5.91 Å². The fourth-order valence-electron chi connectivity index (χ4n) is 4.95. The van der Waals surface area contributed by atoms with E-state index in [0.717, 1.165) is 74.8 Å². The zero-order valence-electron chi connectivity index (χ0n) is 22.4. The Morgan fingerprint density at radius 2 is 1.82 bits per heavy atom. The molecule has 8 heteroatoms. The lowest BCUT2D eigenvalue weighted by molar-refractivity contribution is 0.0751. The molecule has 1 fully saturated rings. The molecule has 5 rings (SSSR count). The summed E-state index contributed by atoms with van der Waals surface area (Å²) in [6, 6.07) is 22.6. The summed E-state index contributed by atoms with van der Waals surface area (Å²) >= 11 is 1.51. The molecule has 0 unspecified atom stereocenters. The molecule has 3 heterocycles. The number of carbonyl (C=O) groups is 1. The summed E-state index contributed by atoms with van der Waals surface area (Å²) in [4.78, 5) is 24.7. The molecule has 0 bridgehead atoms. The van der Waals surface area contributed by atoms with E-state index in [2.05, 4.69) is 56.6 Å². The van der Waals surface area contributed by atoms with Crippen LogP contribution >= 0.6 is 11.3 Å². The van der Waals surface area contributed by atoms with Gasteiger partial charge in [-0.3, -0.25) is 4.79 Å². The number of amides is 1. The number of hydrogen-bond acceptors (Lipinski definition) is 6. The third-order valence-corrected chi connectivity index (χ3v) is 8.11. The molecule has 1 aliphatic rings. The van der Waals surface area contributed by atoms with Gasteiger partial charge in [0, 0.05) is 56.8 Å². The van der Waals surface area contributed by atoms with Gasteiger partial charge in [-0.15, -0.1) is 11.3 Å². The van der Waals surface area contributed by atoms with Gasteiger partial charge in [0.05, 0.1) is 35.1 Å². The third kappa shape index (κ3) is 6.50. The van der Waals surface area contributed by atoms with Crippen molar-refractivity contribution in [3.63, 3.8) is 0 Å². The predicted octanol–water partition coefficient (Wildman–Crippen LogP) is 5.63. The van der Waals surface area contributed by atoms with Crippen molar-refractivity contribution in [1.29, 1.82) is 5.26 Å². The molecule has 2 aromatic heterocycles. The van der Waals surface area contributed by atoms with Crippen LogP contribution in [0.25, 0.3) is 0 Å². The van der Waals surface area contributed by atoms with Crippen molar-refractivity contribution in [1.82, 2.24) is 14.5 Å². The van der Waals surface area contributed by atoms with E-state index in [0.29, 0.717) is 5.56 Å². The Bertz CT molecular complexity index is 1380. The van der Waals surface area contributed by atoms with E-state index in [1.165, 1.54) is 22.7 Å². The number of benzene rings is 2. The Labute approximate surface area is 234 Å². The summed E-state index contributed by atoms with van der Waals surface area (Å²) < 4.78 is 2.19. The Morgan fingerprint density at radius 1 is 1.05 bits per heavy atom. The van der Waals surface area contributed by atoms with Gasteiger partial charge in [0.2, 0.25) is 0 Å². The first-order valence-electron chi connectivity index (χ1n) is 13.6. The molecule has 1 saturated heterocycles. The second-order valence-electron chi connectivity index (χ2n) is 9.87. The highest BCUT2D eigenvalue weighted by atomic mass is 32.1. The second kappa shape index (κ2) is 12.6. The number of imidazole rings is 1. The van der Waals surface area contributed by atoms with Gasteiger partial charge in [-0.25, -0.2) is 4.98 Å². The topological polar surface area (TPSA) is 68.4 Å². The number of thiophene rings is 1. The van der Waals surface area contributed by atoms with Crippen LogP contribution in [0.5, 0.6) is 0 Å². The smallest absolute Gasteiger partial charge is 0.264 e. The number of nitrogens with zero attached hydrogens (tertiary/aromatic N) is 6. The molecule has 1 aliphatic heterocycles. The van der Waals surface area contributed by atoms with Gasteiger partial charge in [0.15, 0.2) is 0 Å². The molecule has 0 aliphatic carbocycles. The van der Waals surface area contributed by atoms with E-state index in [9.17, 15) is 4.79 Å². The number of carbonyl (C=O) groups excluding carboxylic acids is 1. The number of anilines is 2. The molecule has 4 aromatic rings. The lowest BCUT2D eigenvalue weighted by Crippen LogP contribution is -2.48. The summed E-state index contributed by atoms with van der Waals surface area (Å²) in [5, 5.41) is 11.0. The molecule has 0 radical (unpaired) electrons. The second-order valence-corrected chi connectivity index (χ2v) is 10.8. The van der Waals surface area contributed by atoms with E-state index in [4.69, 9.17) is 5.26 Å². The normalized spacial score (nSPS) is 13.3. The van der Waals surface area contributed by atoms with Crippen LogP contribution in [0.4, 0.5) is 11.4 Å². The van der Waals surface area contributed by atoms with Crippen molar-refractivity contribution in [3.05, 3.63) is 100 Å². The average Bonchev–Trinajstić information content (AvgIpc) is 3.68. The fraction of sp³-hybridized carbons (Fsp3) is 0.323. The summed E-state index contributed by atoms with van der Waals surface area (Å²) in [6.07, 6.45) is 6.09. The van der Waals surface area contributed by atoms with Gasteiger partial charge in [0.1, 0.15) is 0 Å². The first-order chi connectivity index (χ1) is 19.1. The van der Waals surface area contributed by atoms with Gasteiger partial charge >= 0.3 is 0 Å². The maximum Gasteiger partial charge on any atom is 0.264 e. The Balaban J connectivity index is 1.23. The summed E-state index contributed by atoms with van der Waals surface area (Å²) in [6.45, 7) is 7.85. The quantitative estimate of drug-likeness (QED) is 0.262. The average molecular weight is 539 g/mol. The van der Waals surface area contributed by atoms with Gasteiger partial charge in [-0.2, -0.15) is 5.26 Å². The Kier molecular flexibility index (Phi) is 8.59. The SMILES string of the molecule is CCCCN(Cc1cncn1Cc1ccc(C#N)cc1)c1ccc(N2CCN(C(=O)c3cccs3)CC2)cc1. The number of unbranched alkanes of at least 4 members (excludes halogenated alkanes) is 1. The molecule has 200 valence electrons. The monoisotopic (exact) mass is 538 g/mol. The molecule has 0 spiro atoms. The maximum absolute atomic E-state index is 12.7. The van der Waals surface area contributed by atoms with Crippen molar-refractivity contribution in [2.45, 2.75) is 32.9 Å². The number of piperazine rings is 1. The van der Waals surface area contributed by atoms with E-state index in [1.54, 1.807) is 0 Å². The van der Waals surface area contributed by atoms with Crippen molar-refractivity contribution in [3.8, 4) is 6.07 Å². The van der Waals surface area contributed by atoms with Crippen LogP contribution in [-0.4, -0.2) is 53.1 Å². The third-order valence-electron chi connectivity index (χ3n) is 7.25. The molecule has 0 saturated carbocycles. The molecular formula is C31H34N6OS. The van der Waals surface area contributed by atoms with Crippen molar-refractivity contribution in [2.24, 2.45) is 0 Å². The van der Waals surface area contributed by atoms with Gasteiger partial charge < -0.3 is 19.3 Å². The van der Waals surface area contributed by atoms with E-state index >= 15 is 0 Å². The van der Waals surface area contributed by atoms with Gasteiger partial charge in [-0.1, -0.05) is 31.5 Å². The van der Waals surface area contributed by atoms with E-state index < -0.39 is 0 Å². The van der Waals surface area contributed by atoms with Crippen LogP contribution in [-0.2, 0) is 13.1 Å². The molecule has 0 atom stereocenters. The Hall–Kier alpha value is -4.09. The number of nitriles is 1.